The zero-order valence-electron chi connectivity index (χ0n) is 17.7. The molecule has 0 aromatic rings. The van der Waals surface area contributed by atoms with Crippen molar-refractivity contribution in [2.45, 2.75) is 64.1 Å². The van der Waals surface area contributed by atoms with Crippen LogP contribution in [0.4, 0.5) is 4.79 Å². The number of hydrogen-bond acceptors (Lipinski definition) is 8. The van der Waals surface area contributed by atoms with Gasteiger partial charge in [-0.2, -0.15) is 0 Å². The van der Waals surface area contributed by atoms with E-state index < -0.39 is 40.7 Å². The number of carbonyl (C=O) groups excluding carboxylic acids is 3. The van der Waals surface area contributed by atoms with E-state index in [0.29, 0.717) is 25.8 Å². The molecule has 0 radical (unpaired) electrons. The van der Waals surface area contributed by atoms with E-state index in [-0.39, 0.29) is 18.9 Å². The number of ether oxygens (including phenoxy) is 2. The number of carbonyl (C=O) groups is 3. The molecule has 13 nitrogen and oxygen atoms in total. The van der Waals surface area contributed by atoms with Crippen LogP contribution in [0.5, 0.6) is 0 Å². The van der Waals surface area contributed by atoms with Crippen molar-refractivity contribution in [3.63, 3.8) is 0 Å². The van der Waals surface area contributed by atoms with E-state index in [4.69, 9.17) is 15.2 Å². The molecule has 1 aliphatic heterocycles. The van der Waals surface area contributed by atoms with Crippen LogP contribution in [0.3, 0.4) is 0 Å². The first kappa shape index (κ1) is 24.9. The Morgan fingerprint density at radius 2 is 2.03 bits per heavy atom. The summed E-state index contributed by atoms with van der Waals surface area (Å²) in [5, 5.41) is 12.0. The molecule has 1 rings (SSSR count). The van der Waals surface area contributed by atoms with Gasteiger partial charge in [0.1, 0.15) is 17.7 Å². The normalized spacial score (nSPS) is 17.8. The van der Waals surface area contributed by atoms with Crippen molar-refractivity contribution in [3.05, 3.63) is 10.1 Å². The van der Waals surface area contributed by atoms with Gasteiger partial charge < -0.3 is 20.5 Å². The number of likely N-dealkylation sites (tertiary alicyclic amines) is 1. The number of nitrogens with two attached hydrogens (primary N) is 1. The van der Waals surface area contributed by atoms with Crippen molar-refractivity contribution in [2.24, 2.45) is 10.7 Å². The van der Waals surface area contributed by atoms with Crippen LogP contribution in [-0.2, 0) is 19.1 Å². The largest absolute Gasteiger partial charge is 0.467 e. The minimum absolute atomic E-state index is 0.101. The third-order valence-electron chi connectivity index (χ3n) is 4.12. The number of amides is 2. The van der Waals surface area contributed by atoms with Gasteiger partial charge in [0.25, 0.3) is 5.96 Å². The molecule has 1 fully saturated rings. The molecule has 1 aliphatic rings. The maximum absolute atomic E-state index is 12.7. The number of hydrazine groups is 1. The monoisotopic (exact) mass is 430 g/mol. The van der Waals surface area contributed by atoms with Crippen molar-refractivity contribution in [2.75, 3.05) is 20.2 Å². The SMILES string of the molecule is COC(=O)[C@H](CCCN=C(N)N[N+](=O)[O-])NC(=O)[C@@H]1CCCN1C(=O)OC(C)(C)C. The first-order valence-electron chi connectivity index (χ1n) is 9.53. The lowest BCUT2D eigenvalue weighted by molar-refractivity contribution is -0.525. The van der Waals surface area contributed by atoms with Gasteiger partial charge in [-0.25, -0.2) is 24.7 Å². The number of rotatable bonds is 8. The van der Waals surface area contributed by atoms with E-state index in [9.17, 15) is 24.5 Å². The molecule has 0 aromatic heterocycles. The van der Waals surface area contributed by atoms with E-state index >= 15 is 0 Å². The summed E-state index contributed by atoms with van der Waals surface area (Å²) >= 11 is 0. The Kier molecular flexibility index (Phi) is 9.27. The molecule has 0 aliphatic carbocycles. The highest BCUT2D eigenvalue weighted by atomic mass is 16.7. The molecule has 170 valence electrons. The minimum Gasteiger partial charge on any atom is -0.467 e. The minimum atomic E-state index is -0.955. The Labute approximate surface area is 174 Å². The van der Waals surface area contributed by atoms with Crippen molar-refractivity contribution >= 4 is 23.9 Å². The van der Waals surface area contributed by atoms with E-state index in [0.717, 1.165) is 0 Å². The maximum Gasteiger partial charge on any atom is 0.410 e. The summed E-state index contributed by atoms with van der Waals surface area (Å²) < 4.78 is 10.1. The predicted molar refractivity (Wildman–Crippen MR) is 106 cm³/mol. The summed E-state index contributed by atoms with van der Waals surface area (Å²) in [6.45, 7) is 5.69. The van der Waals surface area contributed by atoms with Gasteiger partial charge >= 0.3 is 12.1 Å². The highest BCUT2D eigenvalue weighted by molar-refractivity contribution is 5.90. The summed E-state index contributed by atoms with van der Waals surface area (Å²) in [6, 6.07) is -1.70. The van der Waals surface area contributed by atoms with Crippen LogP contribution in [0.25, 0.3) is 0 Å². The fourth-order valence-electron chi connectivity index (χ4n) is 2.86. The van der Waals surface area contributed by atoms with Crippen LogP contribution in [0.2, 0.25) is 0 Å². The van der Waals surface area contributed by atoms with Gasteiger partial charge in [-0.15, -0.1) is 0 Å². The van der Waals surface area contributed by atoms with Crippen molar-refractivity contribution in [1.82, 2.24) is 15.6 Å². The topological polar surface area (TPSA) is 178 Å². The first-order valence-corrected chi connectivity index (χ1v) is 9.53. The van der Waals surface area contributed by atoms with Crippen LogP contribution in [0.15, 0.2) is 4.99 Å². The predicted octanol–water partition coefficient (Wildman–Crippen LogP) is -0.0801. The van der Waals surface area contributed by atoms with Crippen LogP contribution in [0, 0.1) is 10.1 Å². The molecule has 2 amide bonds. The summed E-state index contributed by atoms with van der Waals surface area (Å²) in [5.41, 5.74) is 6.33. The van der Waals surface area contributed by atoms with E-state index in [1.165, 1.54) is 12.0 Å². The first-order chi connectivity index (χ1) is 13.9. The van der Waals surface area contributed by atoms with Gasteiger partial charge in [0.15, 0.2) is 5.03 Å². The zero-order chi connectivity index (χ0) is 22.9. The lowest BCUT2D eigenvalue weighted by Crippen LogP contribution is -2.51. The van der Waals surface area contributed by atoms with Gasteiger partial charge in [0, 0.05) is 13.1 Å². The molecular formula is C17H30N6O7. The molecule has 4 N–H and O–H groups in total. The highest BCUT2D eigenvalue weighted by Gasteiger charge is 2.38. The Bertz CT molecular complexity index is 676. The quantitative estimate of drug-likeness (QED) is 0.119. The number of aliphatic imine (C=N–C) groups is 1. The molecule has 1 heterocycles. The van der Waals surface area contributed by atoms with Gasteiger partial charge in [-0.3, -0.25) is 9.69 Å². The summed E-state index contributed by atoms with van der Waals surface area (Å²) in [4.78, 5) is 52.5. The fourth-order valence-corrected chi connectivity index (χ4v) is 2.86. The van der Waals surface area contributed by atoms with E-state index in [1.807, 2.05) is 0 Å². The molecule has 0 saturated carbocycles. The Balaban J connectivity index is 2.68. The van der Waals surface area contributed by atoms with Gasteiger partial charge in [0.05, 0.1) is 7.11 Å². The van der Waals surface area contributed by atoms with E-state index in [1.54, 1.807) is 26.2 Å². The van der Waals surface area contributed by atoms with Crippen LogP contribution < -0.4 is 16.5 Å². The second kappa shape index (κ2) is 11.2. The lowest BCUT2D eigenvalue weighted by Gasteiger charge is -2.28. The molecule has 1 saturated heterocycles. The summed E-state index contributed by atoms with van der Waals surface area (Å²) in [6.07, 6.45) is 0.982. The Hall–Kier alpha value is -3.12. The average Bonchev–Trinajstić information content (AvgIpc) is 3.11. The van der Waals surface area contributed by atoms with Crippen molar-refractivity contribution in [3.8, 4) is 0 Å². The summed E-state index contributed by atoms with van der Waals surface area (Å²) in [7, 11) is 1.20. The van der Waals surface area contributed by atoms with Gasteiger partial charge in [0.2, 0.25) is 5.91 Å². The highest BCUT2D eigenvalue weighted by Crippen LogP contribution is 2.21. The van der Waals surface area contributed by atoms with Crippen molar-refractivity contribution in [1.29, 1.82) is 0 Å². The Morgan fingerprint density at radius 1 is 1.37 bits per heavy atom. The average molecular weight is 430 g/mol. The summed E-state index contributed by atoms with van der Waals surface area (Å²) in [5.74, 6) is -1.49. The lowest BCUT2D eigenvalue weighted by atomic mass is 10.1. The smallest absolute Gasteiger partial charge is 0.410 e. The molecule has 0 spiro atoms. The van der Waals surface area contributed by atoms with Crippen LogP contribution in [0.1, 0.15) is 46.5 Å². The second-order valence-corrected chi connectivity index (χ2v) is 7.69. The standard InChI is InChI=1S/C17H30N6O7/c1-17(2,3)30-16(26)22-10-6-8-12(22)13(24)20-11(14(25)29-4)7-5-9-19-15(18)21-23(27)28/h11-12H,5-10H2,1-4H3,(H,20,24)(H3,18,19,21)/t11-,12-/m0/s1. The molecule has 30 heavy (non-hydrogen) atoms. The third kappa shape index (κ3) is 8.49. The van der Waals surface area contributed by atoms with Crippen LogP contribution in [-0.4, -0.2) is 71.7 Å². The van der Waals surface area contributed by atoms with E-state index in [2.05, 4.69) is 10.3 Å². The number of hydrogen-bond donors (Lipinski definition) is 3. The molecular weight excluding hydrogens is 400 g/mol. The molecule has 13 heteroatoms. The fraction of sp³-hybridized carbons (Fsp3) is 0.765. The second-order valence-electron chi connectivity index (χ2n) is 7.69. The number of nitro groups is 1. The number of nitrogens with one attached hydrogen (secondary N) is 2. The molecule has 0 bridgehead atoms. The maximum atomic E-state index is 12.7. The number of methoxy groups -OCH3 is 1. The number of guanidine groups is 1. The third-order valence-corrected chi connectivity index (χ3v) is 4.12. The van der Waals surface area contributed by atoms with Crippen LogP contribution >= 0.6 is 0 Å². The van der Waals surface area contributed by atoms with Crippen molar-refractivity contribution < 1.29 is 28.9 Å². The van der Waals surface area contributed by atoms with Gasteiger partial charge in [-0.05, 0) is 46.5 Å². The zero-order valence-corrected chi connectivity index (χ0v) is 17.7. The molecule has 0 unspecified atom stereocenters. The van der Waals surface area contributed by atoms with Gasteiger partial charge in [-0.1, -0.05) is 5.43 Å². The number of esters is 1. The molecule has 2 atom stereocenters. The number of nitrogens with zero attached hydrogens (tertiary/aromatic N) is 3. The molecule has 0 aromatic carbocycles. The Morgan fingerprint density at radius 3 is 2.60 bits per heavy atom.